The molecule has 2 aromatic rings. The molecule has 0 N–H and O–H groups in total. The molecule has 3 nitrogen and oxygen atoms in total. The Morgan fingerprint density at radius 1 is 1.42 bits per heavy atom. The number of hydrogen-bond donors (Lipinski definition) is 0. The van der Waals surface area contributed by atoms with E-state index in [1.54, 1.807) is 0 Å². The monoisotopic (exact) mass is 257 g/mol. The molecular weight excluding hydrogens is 234 g/mol. The quantitative estimate of drug-likeness (QED) is 0.740. The highest BCUT2D eigenvalue weighted by Gasteiger charge is 2.07. The van der Waals surface area contributed by atoms with E-state index in [4.69, 9.17) is 0 Å². The molecule has 102 valence electrons. The topological polar surface area (TPSA) is 21.1 Å². The van der Waals surface area contributed by atoms with Gasteiger partial charge in [0.2, 0.25) is 0 Å². The number of benzene rings is 1. The summed E-state index contributed by atoms with van der Waals surface area (Å²) in [6.45, 7) is 11.4. The first kappa shape index (κ1) is 13.8. The lowest BCUT2D eigenvalue weighted by Gasteiger charge is -2.21. The van der Waals surface area contributed by atoms with Crippen LogP contribution in [0, 0.1) is 0 Å². The Bertz CT molecular complexity index is 568. The van der Waals surface area contributed by atoms with Crippen LogP contribution in [-0.4, -0.2) is 27.5 Å². The number of nitrogens with zero attached hydrogens (tertiary/aromatic N) is 3. The molecule has 0 atom stereocenters. The number of rotatable bonds is 6. The van der Waals surface area contributed by atoms with E-state index in [-0.39, 0.29) is 0 Å². The van der Waals surface area contributed by atoms with Gasteiger partial charge < -0.3 is 4.57 Å². The molecule has 0 aliphatic carbocycles. The highest BCUT2D eigenvalue weighted by molar-refractivity contribution is 5.75. The fraction of sp³-hybridized carbons (Fsp3) is 0.438. The third-order valence-electron chi connectivity index (χ3n) is 3.23. The minimum Gasteiger partial charge on any atom is -0.334 e. The third kappa shape index (κ3) is 3.44. The maximum absolute atomic E-state index is 4.42. The highest BCUT2D eigenvalue weighted by atomic mass is 15.1. The SMILES string of the molecule is C=C(C)CN(CCC)Cc1ccc2c(c1)ncn2C. The lowest BCUT2D eigenvalue weighted by atomic mass is 10.1. The van der Waals surface area contributed by atoms with Gasteiger partial charge in [0.1, 0.15) is 0 Å². The van der Waals surface area contributed by atoms with Gasteiger partial charge in [0.05, 0.1) is 17.4 Å². The van der Waals surface area contributed by atoms with E-state index in [0.29, 0.717) is 0 Å². The maximum Gasteiger partial charge on any atom is 0.0955 e. The van der Waals surface area contributed by atoms with E-state index in [9.17, 15) is 0 Å². The van der Waals surface area contributed by atoms with Crippen molar-refractivity contribution in [3.05, 3.63) is 42.2 Å². The van der Waals surface area contributed by atoms with E-state index in [1.165, 1.54) is 23.1 Å². The molecule has 1 aromatic heterocycles. The Balaban J connectivity index is 2.16. The van der Waals surface area contributed by atoms with Gasteiger partial charge in [0, 0.05) is 20.1 Å². The van der Waals surface area contributed by atoms with Gasteiger partial charge in [-0.25, -0.2) is 4.98 Å². The molecule has 0 amide bonds. The minimum atomic E-state index is 0.965. The fourth-order valence-electron chi connectivity index (χ4n) is 2.45. The number of aryl methyl sites for hydroxylation is 1. The molecule has 1 heterocycles. The first-order chi connectivity index (χ1) is 9.10. The first-order valence-corrected chi connectivity index (χ1v) is 6.87. The molecule has 19 heavy (non-hydrogen) atoms. The van der Waals surface area contributed by atoms with Crippen molar-refractivity contribution in [2.24, 2.45) is 7.05 Å². The van der Waals surface area contributed by atoms with Crippen LogP contribution in [0.4, 0.5) is 0 Å². The van der Waals surface area contributed by atoms with Gasteiger partial charge >= 0.3 is 0 Å². The van der Waals surface area contributed by atoms with Crippen LogP contribution in [0.3, 0.4) is 0 Å². The Kier molecular flexibility index (Phi) is 4.38. The van der Waals surface area contributed by atoms with Crippen LogP contribution < -0.4 is 0 Å². The Morgan fingerprint density at radius 3 is 2.89 bits per heavy atom. The summed E-state index contributed by atoms with van der Waals surface area (Å²) in [4.78, 5) is 6.86. The molecule has 0 aliphatic heterocycles. The molecule has 0 saturated heterocycles. The molecule has 0 unspecified atom stereocenters. The van der Waals surface area contributed by atoms with E-state index < -0.39 is 0 Å². The molecule has 2 rings (SSSR count). The van der Waals surface area contributed by atoms with Crippen molar-refractivity contribution in [2.45, 2.75) is 26.8 Å². The lowest BCUT2D eigenvalue weighted by molar-refractivity contribution is 0.289. The van der Waals surface area contributed by atoms with Crippen molar-refractivity contribution < 1.29 is 0 Å². The second kappa shape index (κ2) is 6.02. The Morgan fingerprint density at radius 2 is 2.21 bits per heavy atom. The predicted octanol–water partition coefficient (Wildman–Crippen LogP) is 3.36. The second-order valence-electron chi connectivity index (χ2n) is 5.35. The van der Waals surface area contributed by atoms with Gasteiger partial charge in [-0.3, -0.25) is 4.90 Å². The van der Waals surface area contributed by atoms with Crippen LogP contribution in [0.25, 0.3) is 11.0 Å². The first-order valence-electron chi connectivity index (χ1n) is 6.87. The summed E-state index contributed by atoms with van der Waals surface area (Å²) in [6, 6.07) is 6.55. The molecule has 1 aromatic carbocycles. The minimum absolute atomic E-state index is 0.965. The van der Waals surface area contributed by atoms with Crippen molar-refractivity contribution in [3.63, 3.8) is 0 Å². The van der Waals surface area contributed by atoms with Crippen molar-refractivity contribution in [3.8, 4) is 0 Å². The molecule has 0 radical (unpaired) electrons. The molecular formula is C16H23N3. The van der Waals surface area contributed by atoms with Crippen molar-refractivity contribution in [1.29, 1.82) is 0 Å². The average Bonchev–Trinajstić information content (AvgIpc) is 2.70. The van der Waals surface area contributed by atoms with Crippen LogP contribution in [0.15, 0.2) is 36.7 Å². The number of fused-ring (bicyclic) bond motifs is 1. The van der Waals surface area contributed by atoms with Crippen LogP contribution in [0.2, 0.25) is 0 Å². The van der Waals surface area contributed by atoms with Crippen molar-refractivity contribution in [1.82, 2.24) is 14.5 Å². The van der Waals surface area contributed by atoms with Gasteiger partial charge in [-0.1, -0.05) is 25.1 Å². The van der Waals surface area contributed by atoms with Crippen LogP contribution >= 0.6 is 0 Å². The van der Waals surface area contributed by atoms with Gasteiger partial charge in [-0.2, -0.15) is 0 Å². The van der Waals surface area contributed by atoms with Crippen LogP contribution in [-0.2, 0) is 13.6 Å². The smallest absolute Gasteiger partial charge is 0.0955 e. The zero-order valence-electron chi connectivity index (χ0n) is 12.2. The normalized spacial score (nSPS) is 11.4. The summed E-state index contributed by atoms with van der Waals surface area (Å²) in [5, 5.41) is 0. The molecule has 3 heteroatoms. The summed E-state index contributed by atoms with van der Waals surface area (Å²) < 4.78 is 2.05. The lowest BCUT2D eigenvalue weighted by Crippen LogP contribution is -2.25. The molecule has 0 aliphatic rings. The summed E-state index contributed by atoms with van der Waals surface area (Å²) in [5.41, 5.74) is 4.80. The number of hydrogen-bond acceptors (Lipinski definition) is 2. The van der Waals surface area contributed by atoms with E-state index in [1.807, 2.05) is 13.4 Å². The zero-order valence-corrected chi connectivity index (χ0v) is 12.2. The predicted molar refractivity (Wildman–Crippen MR) is 81.1 cm³/mol. The average molecular weight is 257 g/mol. The molecule has 0 bridgehead atoms. The molecule has 0 spiro atoms. The zero-order chi connectivity index (χ0) is 13.8. The number of aromatic nitrogens is 2. The van der Waals surface area contributed by atoms with E-state index in [2.05, 4.69) is 53.1 Å². The van der Waals surface area contributed by atoms with Gasteiger partial charge in [0.15, 0.2) is 0 Å². The summed E-state index contributed by atoms with van der Waals surface area (Å²) in [5.74, 6) is 0. The van der Waals surface area contributed by atoms with E-state index in [0.717, 1.165) is 25.2 Å². The maximum atomic E-state index is 4.42. The van der Waals surface area contributed by atoms with Crippen molar-refractivity contribution in [2.75, 3.05) is 13.1 Å². The van der Waals surface area contributed by atoms with Crippen molar-refractivity contribution >= 4 is 11.0 Å². The fourth-order valence-corrected chi connectivity index (χ4v) is 2.45. The molecule has 0 fully saturated rings. The summed E-state index contributed by atoms with van der Waals surface area (Å²) >= 11 is 0. The molecule has 0 saturated carbocycles. The van der Waals surface area contributed by atoms with E-state index >= 15 is 0 Å². The number of imidazole rings is 1. The second-order valence-corrected chi connectivity index (χ2v) is 5.35. The van der Waals surface area contributed by atoms with Crippen LogP contribution in [0.1, 0.15) is 25.8 Å². The van der Waals surface area contributed by atoms with Crippen LogP contribution in [0.5, 0.6) is 0 Å². The summed E-state index contributed by atoms with van der Waals surface area (Å²) in [7, 11) is 2.03. The Labute approximate surface area is 115 Å². The van der Waals surface area contributed by atoms with Gasteiger partial charge in [-0.05, 0) is 37.6 Å². The summed E-state index contributed by atoms with van der Waals surface area (Å²) in [6.07, 6.45) is 3.03. The Hall–Kier alpha value is -1.61. The highest BCUT2D eigenvalue weighted by Crippen LogP contribution is 2.15. The largest absolute Gasteiger partial charge is 0.334 e. The van der Waals surface area contributed by atoms with Gasteiger partial charge in [-0.15, -0.1) is 0 Å². The van der Waals surface area contributed by atoms with Gasteiger partial charge in [0.25, 0.3) is 0 Å². The third-order valence-corrected chi connectivity index (χ3v) is 3.23. The standard InChI is InChI=1S/C16H23N3/c1-5-8-19(10-13(2)3)11-14-6-7-16-15(9-14)17-12-18(16)4/h6-7,9,12H,2,5,8,10-11H2,1,3-4H3.